The third-order valence-electron chi connectivity index (χ3n) is 2.34. The van der Waals surface area contributed by atoms with Crippen LogP contribution in [0.5, 0.6) is 0 Å². The first-order valence-corrected chi connectivity index (χ1v) is 4.85. The van der Waals surface area contributed by atoms with Gasteiger partial charge in [0.1, 0.15) is 0 Å². The number of benzene rings is 1. The summed E-state index contributed by atoms with van der Waals surface area (Å²) in [6.45, 7) is 7.92. The Kier molecular flexibility index (Phi) is 2.20. The van der Waals surface area contributed by atoms with Gasteiger partial charge in [-0.05, 0) is 50.1 Å². The molecule has 0 fully saturated rings. The molecule has 1 aromatic heterocycles. The average Bonchev–Trinajstić information content (AvgIpc) is 2.08. The van der Waals surface area contributed by atoms with E-state index < -0.39 is 0 Å². The maximum Gasteiger partial charge on any atom is 0.0722 e. The second-order valence-electron chi connectivity index (χ2n) is 3.54. The van der Waals surface area contributed by atoms with Crippen molar-refractivity contribution in [3.63, 3.8) is 0 Å². The Morgan fingerprint density at radius 1 is 1.21 bits per heavy atom. The Labute approximate surface area is 88.7 Å². The molecule has 0 aliphatic rings. The summed E-state index contributed by atoms with van der Waals surface area (Å²) < 4.78 is 0. The van der Waals surface area contributed by atoms with Gasteiger partial charge in [-0.1, -0.05) is 11.6 Å². The molecule has 2 aromatic rings. The molecule has 2 rings (SSSR count). The van der Waals surface area contributed by atoms with Gasteiger partial charge in [-0.2, -0.15) is 0 Å². The first kappa shape index (κ1) is 9.47. The van der Waals surface area contributed by atoms with Gasteiger partial charge in [0.15, 0.2) is 0 Å². The van der Waals surface area contributed by atoms with Crippen molar-refractivity contribution in [3.8, 4) is 0 Å². The summed E-state index contributed by atoms with van der Waals surface area (Å²) in [5, 5.41) is 1.73. The molecule has 0 spiro atoms. The first-order chi connectivity index (χ1) is 6.58. The van der Waals surface area contributed by atoms with Gasteiger partial charge in [0.25, 0.3) is 0 Å². The van der Waals surface area contributed by atoms with Crippen LogP contribution in [0.15, 0.2) is 18.2 Å². The Bertz CT molecular complexity index is 503. The van der Waals surface area contributed by atoms with Crippen LogP contribution in [0.25, 0.3) is 10.9 Å². The van der Waals surface area contributed by atoms with Crippen LogP contribution >= 0.6 is 11.6 Å². The first-order valence-electron chi connectivity index (χ1n) is 4.47. The molecule has 0 saturated carbocycles. The highest BCUT2D eigenvalue weighted by Gasteiger charge is 2.03. The van der Waals surface area contributed by atoms with E-state index in [4.69, 9.17) is 11.6 Å². The van der Waals surface area contributed by atoms with E-state index in [9.17, 15) is 0 Å². The molecular weight excluding hydrogens is 194 g/mol. The molecule has 1 aromatic carbocycles. The summed E-state index contributed by atoms with van der Waals surface area (Å²) in [7, 11) is 0. The van der Waals surface area contributed by atoms with Gasteiger partial charge < -0.3 is 0 Å². The van der Waals surface area contributed by atoms with Gasteiger partial charge in [-0.3, -0.25) is 4.98 Å². The number of nitrogens with zero attached hydrogens (tertiary/aromatic N) is 1. The minimum Gasteiger partial charge on any atom is -0.253 e. The van der Waals surface area contributed by atoms with Crippen molar-refractivity contribution in [2.45, 2.75) is 13.8 Å². The van der Waals surface area contributed by atoms with Gasteiger partial charge in [0.05, 0.1) is 10.5 Å². The molecular formula is C12H11ClN. The SMILES string of the molecule is [CH2]c1cc2c(Cl)cc(C)nc2cc1C. The monoisotopic (exact) mass is 204 g/mol. The fraction of sp³-hybridized carbons (Fsp3) is 0.167. The van der Waals surface area contributed by atoms with Crippen molar-refractivity contribution in [2.75, 3.05) is 0 Å². The lowest BCUT2D eigenvalue weighted by Crippen LogP contribution is -1.88. The molecule has 0 aliphatic heterocycles. The molecule has 14 heavy (non-hydrogen) atoms. The largest absolute Gasteiger partial charge is 0.253 e. The van der Waals surface area contributed by atoms with E-state index in [1.54, 1.807) is 0 Å². The Morgan fingerprint density at radius 2 is 1.93 bits per heavy atom. The molecule has 2 heteroatoms. The van der Waals surface area contributed by atoms with Crippen LogP contribution in [0.3, 0.4) is 0 Å². The molecule has 1 radical (unpaired) electrons. The zero-order chi connectivity index (χ0) is 10.3. The normalized spacial score (nSPS) is 10.9. The molecule has 0 atom stereocenters. The van der Waals surface area contributed by atoms with Gasteiger partial charge in [-0.15, -0.1) is 0 Å². The molecule has 1 nitrogen and oxygen atoms in total. The van der Waals surface area contributed by atoms with E-state index in [1.165, 1.54) is 0 Å². The van der Waals surface area contributed by atoms with Crippen molar-refractivity contribution in [1.29, 1.82) is 0 Å². The van der Waals surface area contributed by atoms with Crippen molar-refractivity contribution in [3.05, 3.63) is 47.0 Å². The number of aryl methyl sites for hydroxylation is 2. The van der Waals surface area contributed by atoms with E-state index in [2.05, 4.69) is 11.9 Å². The number of hydrogen-bond acceptors (Lipinski definition) is 1. The summed E-state index contributed by atoms with van der Waals surface area (Å²) in [4.78, 5) is 4.43. The van der Waals surface area contributed by atoms with Gasteiger partial charge in [0.2, 0.25) is 0 Å². The lowest BCUT2D eigenvalue weighted by Gasteiger charge is -2.05. The molecule has 0 amide bonds. The van der Waals surface area contributed by atoms with Crippen LogP contribution < -0.4 is 0 Å². The average molecular weight is 205 g/mol. The van der Waals surface area contributed by atoms with Crippen molar-refractivity contribution >= 4 is 22.5 Å². The molecule has 1 heterocycles. The van der Waals surface area contributed by atoms with Crippen LogP contribution in [0.4, 0.5) is 0 Å². The van der Waals surface area contributed by atoms with E-state index >= 15 is 0 Å². The smallest absolute Gasteiger partial charge is 0.0722 e. The van der Waals surface area contributed by atoms with E-state index in [0.717, 1.165) is 32.7 Å². The fourth-order valence-electron chi connectivity index (χ4n) is 1.50. The van der Waals surface area contributed by atoms with Gasteiger partial charge in [-0.25, -0.2) is 0 Å². The zero-order valence-electron chi connectivity index (χ0n) is 8.26. The standard InChI is InChI=1S/C12H11ClN/c1-7-4-10-11(13)6-9(3)14-12(10)5-8(7)2/h4-6H,1H2,2-3H3. The maximum atomic E-state index is 6.12. The second kappa shape index (κ2) is 3.25. The third-order valence-corrected chi connectivity index (χ3v) is 2.66. The van der Waals surface area contributed by atoms with E-state index in [0.29, 0.717) is 0 Å². The van der Waals surface area contributed by atoms with E-state index in [1.807, 2.05) is 32.0 Å². The van der Waals surface area contributed by atoms with Crippen LogP contribution in [0.2, 0.25) is 5.02 Å². The van der Waals surface area contributed by atoms with Crippen LogP contribution in [0.1, 0.15) is 16.8 Å². The minimum absolute atomic E-state index is 0.748. The van der Waals surface area contributed by atoms with Crippen molar-refractivity contribution in [2.24, 2.45) is 0 Å². The molecule has 0 saturated heterocycles. The van der Waals surface area contributed by atoms with Crippen molar-refractivity contribution in [1.82, 2.24) is 4.98 Å². The minimum atomic E-state index is 0.748. The summed E-state index contributed by atoms with van der Waals surface area (Å²) >= 11 is 6.12. The Balaban J connectivity index is 2.89. The number of rotatable bonds is 0. The van der Waals surface area contributed by atoms with Gasteiger partial charge >= 0.3 is 0 Å². The predicted octanol–water partition coefficient (Wildman–Crippen LogP) is 3.69. The number of hydrogen-bond donors (Lipinski definition) is 0. The summed E-state index contributed by atoms with van der Waals surface area (Å²) in [6.07, 6.45) is 0. The van der Waals surface area contributed by atoms with Crippen LogP contribution in [-0.4, -0.2) is 4.98 Å². The third kappa shape index (κ3) is 1.48. The van der Waals surface area contributed by atoms with E-state index in [-0.39, 0.29) is 0 Å². The Morgan fingerprint density at radius 3 is 2.64 bits per heavy atom. The van der Waals surface area contributed by atoms with Crippen LogP contribution in [-0.2, 0) is 0 Å². The molecule has 0 N–H and O–H groups in total. The molecule has 0 aliphatic carbocycles. The highest BCUT2D eigenvalue weighted by atomic mass is 35.5. The Hall–Kier alpha value is -1.08. The predicted molar refractivity (Wildman–Crippen MR) is 60.7 cm³/mol. The number of fused-ring (bicyclic) bond motifs is 1. The highest BCUT2D eigenvalue weighted by Crippen LogP contribution is 2.25. The number of pyridine rings is 1. The summed E-state index contributed by atoms with van der Waals surface area (Å²) in [5.74, 6) is 0. The van der Waals surface area contributed by atoms with Crippen molar-refractivity contribution < 1.29 is 0 Å². The second-order valence-corrected chi connectivity index (χ2v) is 3.95. The number of aromatic nitrogens is 1. The highest BCUT2D eigenvalue weighted by molar-refractivity contribution is 6.35. The molecule has 0 unspecified atom stereocenters. The summed E-state index contributed by atoms with van der Waals surface area (Å²) in [5.41, 5.74) is 4.04. The quantitative estimate of drug-likeness (QED) is 0.638. The fourth-order valence-corrected chi connectivity index (χ4v) is 1.81. The lowest BCUT2D eigenvalue weighted by atomic mass is 10.1. The molecule has 71 valence electrons. The summed E-state index contributed by atoms with van der Waals surface area (Å²) in [6, 6.07) is 5.88. The maximum absolute atomic E-state index is 6.12. The zero-order valence-corrected chi connectivity index (χ0v) is 9.02. The lowest BCUT2D eigenvalue weighted by molar-refractivity contribution is 1.25. The number of halogens is 1. The van der Waals surface area contributed by atoms with Crippen LogP contribution in [0, 0.1) is 20.8 Å². The topological polar surface area (TPSA) is 12.9 Å². The molecule has 0 bridgehead atoms. The van der Waals surface area contributed by atoms with Gasteiger partial charge in [0, 0.05) is 11.1 Å².